The molecule has 0 rings (SSSR count). The van der Waals surface area contributed by atoms with Crippen molar-refractivity contribution in [3.8, 4) is 0 Å². The molecule has 0 aromatic rings. The van der Waals surface area contributed by atoms with Crippen LogP contribution in [0.2, 0.25) is 0 Å². The molecular weight excluding hydrogens is 200 g/mol. The van der Waals surface area contributed by atoms with Gasteiger partial charge in [0.25, 0.3) is 0 Å². The van der Waals surface area contributed by atoms with Crippen LogP contribution in [0.4, 0.5) is 0 Å². The Hall–Kier alpha value is -0.130. The Balaban J connectivity index is 3.78. The van der Waals surface area contributed by atoms with E-state index in [9.17, 15) is 8.42 Å². The molecule has 0 amide bonds. The maximum atomic E-state index is 10.9. The van der Waals surface area contributed by atoms with E-state index in [1.54, 1.807) is 0 Å². The first-order chi connectivity index (χ1) is 6.37. The molecule has 0 aromatic heterocycles. The highest BCUT2D eigenvalue weighted by molar-refractivity contribution is 7.90. The maximum absolute atomic E-state index is 10.9. The quantitative estimate of drug-likeness (QED) is 0.663. The number of sulfone groups is 1. The van der Waals surface area contributed by atoms with Crippen LogP contribution < -0.4 is 5.73 Å². The van der Waals surface area contributed by atoms with Gasteiger partial charge in [0.15, 0.2) is 0 Å². The van der Waals surface area contributed by atoms with Gasteiger partial charge in [-0.15, -0.1) is 0 Å². The molecule has 0 saturated carbocycles. The molecule has 0 aliphatic rings. The second kappa shape index (κ2) is 6.37. The van der Waals surface area contributed by atoms with Gasteiger partial charge in [-0.2, -0.15) is 0 Å². The molecule has 1 unspecified atom stereocenters. The van der Waals surface area contributed by atoms with Crippen LogP contribution in [0.15, 0.2) is 0 Å². The predicted octanol–water partition coefficient (Wildman–Crippen LogP) is 0.0902. The van der Waals surface area contributed by atoms with E-state index < -0.39 is 9.84 Å². The summed E-state index contributed by atoms with van der Waals surface area (Å²) in [5.41, 5.74) is 5.41. The highest BCUT2D eigenvalue weighted by Gasteiger charge is 2.10. The minimum absolute atomic E-state index is 0.233. The smallest absolute Gasteiger partial charge is 0.148 e. The van der Waals surface area contributed by atoms with Crippen LogP contribution in [0.25, 0.3) is 0 Å². The van der Waals surface area contributed by atoms with Crippen molar-refractivity contribution in [1.29, 1.82) is 0 Å². The molecule has 0 fully saturated rings. The van der Waals surface area contributed by atoms with E-state index in [0.717, 1.165) is 12.8 Å². The van der Waals surface area contributed by atoms with Crippen LogP contribution in [0, 0.1) is 0 Å². The van der Waals surface area contributed by atoms with Crippen molar-refractivity contribution >= 4 is 9.84 Å². The molecule has 2 N–H and O–H groups in total. The Labute approximate surface area is 87.4 Å². The van der Waals surface area contributed by atoms with E-state index in [-0.39, 0.29) is 5.75 Å². The van der Waals surface area contributed by atoms with E-state index in [1.165, 1.54) is 6.26 Å². The lowest BCUT2D eigenvalue weighted by atomic mass is 10.1. The van der Waals surface area contributed by atoms with Gasteiger partial charge in [-0.25, -0.2) is 8.42 Å². The predicted molar refractivity (Wildman–Crippen MR) is 60.1 cm³/mol. The number of hydrogen-bond donors (Lipinski definition) is 1. The van der Waals surface area contributed by atoms with E-state index in [1.807, 2.05) is 7.05 Å². The largest absolute Gasteiger partial charge is 0.330 e. The monoisotopic (exact) mass is 222 g/mol. The van der Waals surface area contributed by atoms with Crippen LogP contribution in [-0.4, -0.2) is 51.5 Å². The zero-order valence-electron chi connectivity index (χ0n) is 9.36. The summed E-state index contributed by atoms with van der Waals surface area (Å²) in [6, 6.07) is 0.403. The lowest BCUT2D eigenvalue weighted by Gasteiger charge is -2.23. The summed E-state index contributed by atoms with van der Waals surface area (Å²) in [5.74, 6) is 0.233. The van der Waals surface area contributed by atoms with Crippen LogP contribution in [0.3, 0.4) is 0 Å². The van der Waals surface area contributed by atoms with Crippen LogP contribution in [0.5, 0.6) is 0 Å². The van der Waals surface area contributed by atoms with Gasteiger partial charge < -0.3 is 10.6 Å². The Morgan fingerprint density at radius 2 is 2.00 bits per heavy atom. The van der Waals surface area contributed by atoms with Gasteiger partial charge in [0.2, 0.25) is 0 Å². The maximum Gasteiger partial charge on any atom is 0.148 e. The zero-order valence-corrected chi connectivity index (χ0v) is 10.2. The number of rotatable bonds is 7. The fourth-order valence-electron chi connectivity index (χ4n) is 1.16. The van der Waals surface area contributed by atoms with E-state index >= 15 is 0 Å². The third-order valence-electron chi connectivity index (χ3n) is 2.39. The Morgan fingerprint density at radius 1 is 1.43 bits per heavy atom. The first-order valence-corrected chi connectivity index (χ1v) is 7.01. The lowest BCUT2D eigenvalue weighted by Crippen LogP contribution is -2.33. The molecular formula is C9H22N2O2S. The molecule has 0 aliphatic carbocycles. The topological polar surface area (TPSA) is 63.4 Å². The van der Waals surface area contributed by atoms with E-state index in [0.29, 0.717) is 19.1 Å². The summed E-state index contributed by atoms with van der Waals surface area (Å²) in [6.45, 7) is 3.40. The third-order valence-corrected chi connectivity index (χ3v) is 3.32. The van der Waals surface area contributed by atoms with Crippen molar-refractivity contribution in [1.82, 2.24) is 4.90 Å². The third kappa shape index (κ3) is 7.29. The van der Waals surface area contributed by atoms with Crippen molar-refractivity contribution in [2.24, 2.45) is 5.73 Å². The van der Waals surface area contributed by atoms with Gasteiger partial charge in [-0.3, -0.25) is 0 Å². The summed E-state index contributed by atoms with van der Waals surface area (Å²) in [5, 5.41) is 0. The standard InChI is InChI=1S/C9H22N2O2S/c1-9(5-4-6-10)11(2)7-8-14(3,12)13/h9H,4-8,10H2,1-3H3. The van der Waals surface area contributed by atoms with Crippen molar-refractivity contribution in [2.75, 3.05) is 32.1 Å². The summed E-state index contributed by atoms with van der Waals surface area (Å²) in [6.07, 6.45) is 3.28. The van der Waals surface area contributed by atoms with Gasteiger partial charge in [0.1, 0.15) is 9.84 Å². The lowest BCUT2D eigenvalue weighted by molar-refractivity contribution is 0.257. The molecule has 86 valence electrons. The molecule has 0 aliphatic heterocycles. The Kier molecular flexibility index (Phi) is 6.31. The Morgan fingerprint density at radius 3 is 2.43 bits per heavy atom. The molecule has 0 aromatic carbocycles. The molecule has 0 bridgehead atoms. The molecule has 0 heterocycles. The van der Waals surface area contributed by atoms with Gasteiger partial charge in [0, 0.05) is 18.8 Å². The Bertz CT molecular complexity index is 239. The first-order valence-electron chi connectivity index (χ1n) is 4.95. The summed E-state index contributed by atoms with van der Waals surface area (Å²) in [4.78, 5) is 2.07. The van der Waals surface area contributed by atoms with Crippen molar-refractivity contribution in [3.63, 3.8) is 0 Å². The van der Waals surface area contributed by atoms with Gasteiger partial charge in [-0.05, 0) is 33.4 Å². The second-order valence-electron chi connectivity index (χ2n) is 3.89. The van der Waals surface area contributed by atoms with Crippen LogP contribution >= 0.6 is 0 Å². The van der Waals surface area contributed by atoms with Crippen molar-refractivity contribution in [3.05, 3.63) is 0 Å². The average molecular weight is 222 g/mol. The summed E-state index contributed by atoms with van der Waals surface area (Å²) >= 11 is 0. The molecule has 0 saturated heterocycles. The molecule has 5 heteroatoms. The molecule has 0 radical (unpaired) electrons. The van der Waals surface area contributed by atoms with Crippen molar-refractivity contribution in [2.45, 2.75) is 25.8 Å². The van der Waals surface area contributed by atoms with Gasteiger partial charge in [-0.1, -0.05) is 0 Å². The van der Waals surface area contributed by atoms with Crippen LogP contribution in [0.1, 0.15) is 19.8 Å². The van der Waals surface area contributed by atoms with E-state index in [4.69, 9.17) is 5.73 Å². The van der Waals surface area contributed by atoms with Gasteiger partial charge in [0.05, 0.1) is 5.75 Å². The van der Waals surface area contributed by atoms with Gasteiger partial charge >= 0.3 is 0 Å². The van der Waals surface area contributed by atoms with Crippen molar-refractivity contribution < 1.29 is 8.42 Å². The first kappa shape index (κ1) is 13.9. The highest BCUT2D eigenvalue weighted by atomic mass is 32.2. The number of nitrogens with zero attached hydrogens (tertiary/aromatic N) is 1. The molecule has 4 nitrogen and oxygen atoms in total. The second-order valence-corrected chi connectivity index (χ2v) is 6.15. The average Bonchev–Trinajstić information content (AvgIpc) is 2.09. The normalized spacial score (nSPS) is 14.6. The minimum Gasteiger partial charge on any atom is -0.330 e. The summed E-state index contributed by atoms with van der Waals surface area (Å²) in [7, 11) is -0.889. The highest BCUT2D eigenvalue weighted by Crippen LogP contribution is 2.03. The van der Waals surface area contributed by atoms with Crippen LogP contribution in [-0.2, 0) is 9.84 Å². The molecule has 14 heavy (non-hydrogen) atoms. The fraction of sp³-hybridized carbons (Fsp3) is 1.00. The zero-order chi connectivity index (χ0) is 11.2. The SMILES string of the molecule is CC(CCCN)N(C)CCS(C)(=O)=O. The molecule has 0 spiro atoms. The number of hydrogen-bond acceptors (Lipinski definition) is 4. The van der Waals surface area contributed by atoms with E-state index in [2.05, 4.69) is 11.8 Å². The fourth-order valence-corrected chi connectivity index (χ4v) is 1.78. The summed E-state index contributed by atoms with van der Waals surface area (Å²) < 4.78 is 21.9. The minimum atomic E-state index is -2.84. The molecule has 1 atom stereocenters. The number of nitrogens with two attached hydrogens (primary N) is 1.